The van der Waals surface area contributed by atoms with E-state index < -0.39 is 15.7 Å². The first-order valence-corrected chi connectivity index (χ1v) is 9.38. The average molecular weight is 355 g/mol. The Balaban J connectivity index is 2.16. The van der Waals surface area contributed by atoms with E-state index in [1.165, 1.54) is 6.07 Å². The lowest BCUT2D eigenvalue weighted by Crippen LogP contribution is -2.32. The quantitative estimate of drug-likeness (QED) is 0.722. The molecule has 0 saturated heterocycles. The van der Waals surface area contributed by atoms with Crippen molar-refractivity contribution in [2.45, 2.75) is 6.92 Å². The van der Waals surface area contributed by atoms with Gasteiger partial charge in [0, 0.05) is 11.6 Å². The predicted molar refractivity (Wildman–Crippen MR) is 98.9 cm³/mol. The second-order valence-corrected chi connectivity index (χ2v) is 7.43. The Hall–Kier alpha value is -2.86. The van der Waals surface area contributed by atoms with Gasteiger partial charge >= 0.3 is 10.1 Å². The first-order valence-electron chi connectivity index (χ1n) is 7.57. The monoisotopic (exact) mass is 355 g/mol. The summed E-state index contributed by atoms with van der Waals surface area (Å²) >= 11 is 0. The molecule has 1 heterocycles. The third-order valence-corrected chi connectivity index (χ3v) is 4.17. The summed E-state index contributed by atoms with van der Waals surface area (Å²) in [5.74, 6) is 0. The molecule has 25 heavy (non-hydrogen) atoms. The van der Waals surface area contributed by atoms with Gasteiger partial charge in [-0.1, -0.05) is 43.0 Å². The highest BCUT2D eigenvalue weighted by Crippen LogP contribution is 2.25. The largest absolute Gasteiger partial charge is 0.324 e. The lowest BCUT2D eigenvalue weighted by molar-refractivity contribution is 0.267. The molecule has 0 radical (unpaired) electrons. The lowest BCUT2D eigenvalue weighted by atomic mass is 9.99. The van der Waals surface area contributed by atoms with Crippen molar-refractivity contribution >= 4 is 26.5 Å². The molecule has 0 aliphatic rings. The molecule has 0 fully saturated rings. The van der Waals surface area contributed by atoms with Crippen LogP contribution >= 0.6 is 0 Å². The van der Waals surface area contributed by atoms with Crippen LogP contribution < -0.4 is 9.84 Å². The Morgan fingerprint density at radius 2 is 1.72 bits per heavy atom. The van der Waals surface area contributed by atoms with Crippen LogP contribution in [0.4, 0.5) is 0 Å². The zero-order valence-electron chi connectivity index (χ0n) is 13.9. The van der Waals surface area contributed by atoms with E-state index in [1.54, 1.807) is 13.0 Å². The minimum absolute atomic E-state index is 0.297. The summed E-state index contributed by atoms with van der Waals surface area (Å²) in [6, 6.07) is 16.6. The smallest absolute Gasteiger partial charge is 0.284 e. The fraction of sp³-hybridized carbons (Fsp3) is 0.105. The molecule has 3 aromatic rings. The summed E-state index contributed by atoms with van der Waals surface area (Å²) in [5.41, 5.74) is 1.69. The van der Waals surface area contributed by atoms with Crippen molar-refractivity contribution in [2.75, 3.05) is 6.26 Å². The molecule has 0 amide bonds. The van der Waals surface area contributed by atoms with E-state index in [0.717, 1.165) is 27.3 Å². The van der Waals surface area contributed by atoms with Crippen LogP contribution in [0.1, 0.15) is 16.8 Å². The van der Waals surface area contributed by atoms with Crippen molar-refractivity contribution in [1.29, 1.82) is 0 Å². The van der Waals surface area contributed by atoms with E-state index in [2.05, 4.69) is 6.58 Å². The molecule has 0 spiro atoms. The molecule has 0 aliphatic heterocycles. The molecular formula is C19H17NO4S. The van der Waals surface area contributed by atoms with Gasteiger partial charge in [0.25, 0.3) is 5.56 Å². The summed E-state index contributed by atoms with van der Waals surface area (Å²) < 4.78 is 28.7. The topological polar surface area (TPSA) is 65.4 Å². The van der Waals surface area contributed by atoms with E-state index in [0.29, 0.717) is 16.8 Å². The normalized spacial score (nSPS) is 11.4. The van der Waals surface area contributed by atoms with E-state index in [9.17, 15) is 13.2 Å². The van der Waals surface area contributed by atoms with Gasteiger partial charge in [0.05, 0.1) is 11.9 Å². The van der Waals surface area contributed by atoms with E-state index in [1.807, 2.05) is 42.5 Å². The molecule has 1 aromatic heterocycles. The number of pyridine rings is 1. The number of hydrogen-bond acceptors (Lipinski definition) is 4. The number of fused-ring (bicyclic) bond motifs is 1. The highest BCUT2D eigenvalue weighted by molar-refractivity contribution is 7.86. The third kappa shape index (κ3) is 3.64. The fourth-order valence-corrected chi connectivity index (χ4v) is 3.06. The Labute approximate surface area is 145 Å². The summed E-state index contributed by atoms with van der Waals surface area (Å²) in [6.45, 7) is 5.79. The molecule has 2 aromatic carbocycles. The second-order valence-electron chi connectivity index (χ2n) is 5.87. The number of nitrogens with zero attached hydrogens (tertiary/aromatic N) is 1. The molecule has 0 unspecified atom stereocenters. The highest BCUT2D eigenvalue weighted by Gasteiger charge is 2.15. The Bertz CT molecular complexity index is 1140. The highest BCUT2D eigenvalue weighted by atomic mass is 32.2. The lowest BCUT2D eigenvalue weighted by Gasteiger charge is -2.15. The van der Waals surface area contributed by atoms with Gasteiger partial charge in [0.2, 0.25) is 0 Å². The molecule has 0 atom stereocenters. The van der Waals surface area contributed by atoms with Crippen LogP contribution in [-0.2, 0) is 10.1 Å². The summed E-state index contributed by atoms with van der Waals surface area (Å²) in [5, 5.41) is 2.10. The van der Waals surface area contributed by atoms with E-state index >= 15 is 0 Å². The SMILES string of the molecule is C=C(c1ccc2ccccc2c1)c1cc(C)cc(=O)n1OS(C)(=O)=O. The van der Waals surface area contributed by atoms with Crippen molar-refractivity contribution in [2.24, 2.45) is 0 Å². The number of benzene rings is 2. The van der Waals surface area contributed by atoms with Crippen LogP contribution in [0.5, 0.6) is 0 Å². The molecule has 3 rings (SSSR count). The van der Waals surface area contributed by atoms with Crippen molar-refractivity contribution in [3.63, 3.8) is 0 Å². The maximum absolute atomic E-state index is 12.2. The minimum atomic E-state index is -3.86. The van der Waals surface area contributed by atoms with Crippen molar-refractivity contribution in [3.05, 3.63) is 88.4 Å². The van der Waals surface area contributed by atoms with E-state index in [-0.39, 0.29) is 0 Å². The van der Waals surface area contributed by atoms with Gasteiger partial charge in [-0.15, -0.1) is 4.73 Å². The van der Waals surface area contributed by atoms with Crippen LogP contribution in [0.3, 0.4) is 0 Å². The second kappa shape index (κ2) is 6.22. The van der Waals surface area contributed by atoms with Gasteiger partial charge in [-0.05, 0) is 41.0 Å². The Morgan fingerprint density at radius 3 is 2.40 bits per heavy atom. The standard InChI is InChI=1S/C19H17NO4S/c1-13-10-18(20(19(21)11-13)24-25(3,22)23)14(2)16-9-8-15-6-4-5-7-17(15)12-16/h4-12H,2H2,1,3H3. The van der Waals surface area contributed by atoms with Gasteiger partial charge in [-0.3, -0.25) is 9.08 Å². The first-order chi connectivity index (χ1) is 11.7. The molecule has 128 valence electrons. The number of hydrogen-bond donors (Lipinski definition) is 0. The van der Waals surface area contributed by atoms with Gasteiger partial charge in [-0.25, -0.2) is 0 Å². The van der Waals surface area contributed by atoms with Crippen molar-refractivity contribution in [3.8, 4) is 0 Å². The molecule has 6 heteroatoms. The van der Waals surface area contributed by atoms with Crippen LogP contribution in [0.25, 0.3) is 16.3 Å². The number of aryl methyl sites for hydroxylation is 1. The fourth-order valence-electron chi connectivity index (χ4n) is 2.63. The molecular weight excluding hydrogens is 338 g/mol. The van der Waals surface area contributed by atoms with Crippen LogP contribution in [-0.4, -0.2) is 19.4 Å². The maximum atomic E-state index is 12.2. The Kier molecular flexibility index (Phi) is 4.22. The molecule has 0 aliphatic carbocycles. The first kappa shape index (κ1) is 17.0. The summed E-state index contributed by atoms with van der Waals surface area (Å²) in [6.07, 6.45) is 0.891. The maximum Gasteiger partial charge on any atom is 0.324 e. The Morgan fingerprint density at radius 1 is 1.04 bits per heavy atom. The summed E-state index contributed by atoms with van der Waals surface area (Å²) in [4.78, 5) is 12.2. The van der Waals surface area contributed by atoms with Crippen molar-refractivity contribution in [1.82, 2.24) is 4.73 Å². The molecule has 0 bridgehead atoms. The van der Waals surface area contributed by atoms with Crippen LogP contribution in [0.15, 0.2) is 66.0 Å². The molecule has 0 saturated carbocycles. The molecule has 5 nitrogen and oxygen atoms in total. The zero-order chi connectivity index (χ0) is 18.2. The predicted octanol–water partition coefficient (Wildman–Crippen LogP) is 2.76. The van der Waals surface area contributed by atoms with Gasteiger partial charge in [0.15, 0.2) is 0 Å². The summed E-state index contributed by atoms with van der Waals surface area (Å²) in [7, 11) is -3.86. The van der Waals surface area contributed by atoms with Gasteiger partial charge < -0.3 is 0 Å². The van der Waals surface area contributed by atoms with Gasteiger partial charge in [-0.2, -0.15) is 8.42 Å². The number of rotatable bonds is 4. The third-order valence-electron chi connectivity index (χ3n) is 3.75. The minimum Gasteiger partial charge on any atom is -0.284 e. The molecule has 0 N–H and O–H groups in total. The zero-order valence-corrected chi connectivity index (χ0v) is 14.7. The van der Waals surface area contributed by atoms with Crippen LogP contribution in [0.2, 0.25) is 0 Å². The number of aromatic nitrogens is 1. The van der Waals surface area contributed by atoms with Gasteiger partial charge in [0.1, 0.15) is 0 Å². The van der Waals surface area contributed by atoms with Crippen LogP contribution in [0, 0.1) is 6.92 Å². The average Bonchev–Trinajstić information content (AvgIpc) is 2.55. The van der Waals surface area contributed by atoms with E-state index in [4.69, 9.17) is 4.28 Å². The van der Waals surface area contributed by atoms with Crippen molar-refractivity contribution < 1.29 is 12.7 Å².